The Morgan fingerprint density at radius 2 is 1.93 bits per heavy atom. The monoisotopic (exact) mass is 473 g/mol. The first kappa shape index (κ1) is 21.5. The number of carbonyl (C=O) groups excluding carboxylic acids is 1. The highest BCUT2D eigenvalue weighted by molar-refractivity contribution is 9.10. The summed E-state index contributed by atoms with van der Waals surface area (Å²) in [5.74, 6) is 1.00. The third kappa shape index (κ3) is 5.26. The van der Waals surface area contributed by atoms with Gasteiger partial charge in [0.2, 0.25) is 5.91 Å². The van der Waals surface area contributed by atoms with E-state index in [0.717, 1.165) is 27.2 Å². The molecule has 0 fully saturated rings. The van der Waals surface area contributed by atoms with Crippen molar-refractivity contribution in [2.75, 3.05) is 25.2 Å². The van der Waals surface area contributed by atoms with Crippen LogP contribution in [0.3, 0.4) is 0 Å². The Morgan fingerprint density at radius 1 is 1.21 bits per heavy atom. The maximum atomic E-state index is 12.5. The Kier molecular flexibility index (Phi) is 7.10. The second-order valence-electron chi connectivity index (χ2n) is 6.95. The number of halogens is 1. The number of aryl methyl sites for hydroxylation is 1. The Balaban J connectivity index is 1.78. The molecule has 0 radical (unpaired) electrons. The zero-order valence-electron chi connectivity index (χ0n) is 16.9. The van der Waals surface area contributed by atoms with Crippen molar-refractivity contribution in [1.29, 1.82) is 0 Å². The molecule has 1 amide bonds. The van der Waals surface area contributed by atoms with Crippen molar-refractivity contribution >= 4 is 39.3 Å². The molecule has 3 rings (SSSR count). The van der Waals surface area contributed by atoms with Crippen molar-refractivity contribution in [3.63, 3.8) is 0 Å². The molecule has 3 aromatic rings. The van der Waals surface area contributed by atoms with E-state index in [0.29, 0.717) is 5.16 Å². The molecule has 6 nitrogen and oxygen atoms in total. The van der Waals surface area contributed by atoms with Crippen molar-refractivity contribution in [3.05, 3.63) is 64.4 Å². The fourth-order valence-corrected chi connectivity index (χ4v) is 3.75. The molecule has 1 heterocycles. The van der Waals surface area contributed by atoms with Gasteiger partial charge in [0.25, 0.3) is 0 Å². The van der Waals surface area contributed by atoms with E-state index in [1.165, 1.54) is 11.8 Å². The second kappa shape index (κ2) is 9.56. The summed E-state index contributed by atoms with van der Waals surface area (Å²) in [7, 11) is 4.02. The molecular formula is C21H24BrN5OS. The highest BCUT2D eigenvalue weighted by Gasteiger charge is 2.21. The number of carbonyl (C=O) groups is 1. The second-order valence-corrected chi connectivity index (χ2v) is 8.75. The number of thioether (sulfide) groups is 1. The van der Waals surface area contributed by atoms with E-state index in [4.69, 9.17) is 0 Å². The van der Waals surface area contributed by atoms with Crippen molar-refractivity contribution < 1.29 is 4.79 Å². The summed E-state index contributed by atoms with van der Waals surface area (Å²) in [5.41, 5.74) is 2.83. The van der Waals surface area contributed by atoms with Crippen LogP contribution in [0.15, 0.2) is 58.2 Å². The highest BCUT2D eigenvalue weighted by atomic mass is 79.9. The van der Waals surface area contributed by atoms with Gasteiger partial charge in [0.05, 0.1) is 11.8 Å². The van der Waals surface area contributed by atoms with Crippen LogP contribution in [0.4, 0.5) is 5.69 Å². The first-order chi connectivity index (χ1) is 13.9. The summed E-state index contributed by atoms with van der Waals surface area (Å²) in [5, 5.41) is 12.4. The third-order valence-corrected chi connectivity index (χ3v) is 6.41. The Labute approximate surface area is 183 Å². The largest absolute Gasteiger partial charge is 0.325 e. The molecule has 0 saturated heterocycles. The molecule has 0 spiro atoms. The first-order valence-electron chi connectivity index (χ1n) is 9.22. The molecule has 0 aliphatic carbocycles. The summed E-state index contributed by atoms with van der Waals surface area (Å²) in [6.07, 6.45) is 0. The predicted molar refractivity (Wildman–Crippen MR) is 122 cm³/mol. The maximum absolute atomic E-state index is 12.5. The van der Waals surface area contributed by atoms with Gasteiger partial charge in [-0.1, -0.05) is 45.9 Å². The third-order valence-electron chi connectivity index (χ3n) is 4.60. The topological polar surface area (TPSA) is 63.1 Å². The van der Waals surface area contributed by atoms with Gasteiger partial charge < -0.3 is 5.32 Å². The lowest BCUT2D eigenvalue weighted by Gasteiger charge is -2.20. The average molecular weight is 474 g/mol. The number of nitrogens with one attached hydrogen (secondary N) is 1. The zero-order valence-corrected chi connectivity index (χ0v) is 19.3. The molecule has 1 aromatic heterocycles. The summed E-state index contributed by atoms with van der Waals surface area (Å²) in [4.78, 5) is 14.6. The molecule has 0 saturated carbocycles. The standard InChI is InChI=1S/C21H24BrN5OS/c1-14-12-16(10-11-18(14)22)23-19(28)13-29-21-25-24-20(15(2)26(3)4)27(21)17-8-6-5-7-9-17/h5-12,15H,13H2,1-4H3,(H,23,28)/t15-/m0/s1. The number of aromatic nitrogens is 3. The van der Waals surface area contributed by atoms with Crippen LogP contribution in [0.5, 0.6) is 0 Å². The molecule has 8 heteroatoms. The quantitative estimate of drug-likeness (QED) is 0.504. The summed E-state index contributed by atoms with van der Waals surface area (Å²) in [6, 6.07) is 15.8. The minimum Gasteiger partial charge on any atom is -0.325 e. The molecule has 0 aliphatic heterocycles. The van der Waals surface area contributed by atoms with E-state index in [2.05, 4.69) is 43.3 Å². The van der Waals surface area contributed by atoms with Gasteiger partial charge in [0, 0.05) is 15.8 Å². The predicted octanol–water partition coefficient (Wildman–Crippen LogP) is 4.69. The fraction of sp³-hybridized carbons (Fsp3) is 0.286. The lowest BCUT2D eigenvalue weighted by molar-refractivity contribution is -0.113. The molecule has 152 valence electrons. The van der Waals surface area contributed by atoms with Crippen LogP contribution in [0.1, 0.15) is 24.4 Å². The summed E-state index contributed by atoms with van der Waals surface area (Å²) >= 11 is 4.85. The van der Waals surface area contributed by atoms with E-state index < -0.39 is 0 Å². The Morgan fingerprint density at radius 3 is 2.59 bits per heavy atom. The molecule has 0 unspecified atom stereocenters. The SMILES string of the molecule is Cc1cc(NC(=O)CSc2nnc([C@H](C)N(C)C)n2-c2ccccc2)ccc1Br. The van der Waals surface area contributed by atoms with Crippen molar-refractivity contribution in [1.82, 2.24) is 19.7 Å². The minimum atomic E-state index is -0.0819. The van der Waals surface area contributed by atoms with Crippen molar-refractivity contribution in [2.45, 2.75) is 25.0 Å². The lowest BCUT2D eigenvalue weighted by Crippen LogP contribution is -2.21. The van der Waals surface area contributed by atoms with Crippen LogP contribution in [-0.2, 0) is 4.79 Å². The number of anilines is 1. The number of nitrogens with zero attached hydrogens (tertiary/aromatic N) is 4. The van der Waals surface area contributed by atoms with Gasteiger partial charge >= 0.3 is 0 Å². The van der Waals surface area contributed by atoms with E-state index in [1.54, 1.807) is 0 Å². The van der Waals surface area contributed by atoms with Crippen LogP contribution in [0.25, 0.3) is 5.69 Å². The van der Waals surface area contributed by atoms with Gasteiger partial charge in [-0.05, 0) is 63.8 Å². The molecule has 0 aliphatic rings. The van der Waals surface area contributed by atoms with E-state index >= 15 is 0 Å². The van der Waals surface area contributed by atoms with Crippen molar-refractivity contribution in [3.8, 4) is 5.69 Å². The number of amides is 1. The van der Waals surface area contributed by atoms with Gasteiger partial charge in [-0.3, -0.25) is 14.3 Å². The average Bonchev–Trinajstić information content (AvgIpc) is 3.13. The molecular weight excluding hydrogens is 450 g/mol. The van der Waals surface area contributed by atoms with E-state index in [9.17, 15) is 4.79 Å². The van der Waals surface area contributed by atoms with E-state index in [1.807, 2.05) is 74.1 Å². The van der Waals surface area contributed by atoms with Gasteiger partial charge in [0.15, 0.2) is 11.0 Å². The van der Waals surface area contributed by atoms with Gasteiger partial charge in [-0.15, -0.1) is 10.2 Å². The zero-order chi connectivity index (χ0) is 21.0. The van der Waals surface area contributed by atoms with Crippen LogP contribution < -0.4 is 5.32 Å². The molecule has 1 atom stereocenters. The molecule has 2 aromatic carbocycles. The fourth-order valence-electron chi connectivity index (χ4n) is 2.75. The Hall–Kier alpha value is -2.16. The van der Waals surface area contributed by atoms with Gasteiger partial charge in [-0.2, -0.15) is 0 Å². The number of hydrogen-bond acceptors (Lipinski definition) is 5. The number of rotatable bonds is 7. The molecule has 29 heavy (non-hydrogen) atoms. The maximum Gasteiger partial charge on any atom is 0.234 e. The lowest BCUT2D eigenvalue weighted by atomic mass is 10.2. The van der Waals surface area contributed by atoms with Crippen LogP contribution in [0, 0.1) is 6.92 Å². The normalized spacial score (nSPS) is 12.2. The molecule has 0 bridgehead atoms. The molecule has 1 N–H and O–H groups in total. The van der Waals surface area contributed by atoms with Crippen LogP contribution in [0.2, 0.25) is 0 Å². The first-order valence-corrected chi connectivity index (χ1v) is 11.0. The number of hydrogen-bond donors (Lipinski definition) is 1. The Bertz CT molecular complexity index is 990. The van der Waals surface area contributed by atoms with Crippen molar-refractivity contribution in [2.24, 2.45) is 0 Å². The number of para-hydroxylation sites is 1. The van der Waals surface area contributed by atoms with Crippen LogP contribution >= 0.6 is 27.7 Å². The van der Waals surface area contributed by atoms with Gasteiger partial charge in [-0.25, -0.2) is 0 Å². The van der Waals surface area contributed by atoms with Crippen LogP contribution in [-0.4, -0.2) is 45.4 Å². The summed E-state index contributed by atoms with van der Waals surface area (Å²) < 4.78 is 3.04. The highest BCUT2D eigenvalue weighted by Crippen LogP contribution is 2.27. The minimum absolute atomic E-state index is 0.0802. The summed E-state index contributed by atoms with van der Waals surface area (Å²) in [6.45, 7) is 4.07. The smallest absolute Gasteiger partial charge is 0.234 e. The van der Waals surface area contributed by atoms with E-state index in [-0.39, 0.29) is 17.7 Å². The number of benzene rings is 2. The van der Waals surface area contributed by atoms with Gasteiger partial charge in [0.1, 0.15) is 0 Å².